The van der Waals surface area contributed by atoms with E-state index in [1.165, 1.54) is 12.8 Å². The first-order valence-electron chi connectivity index (χ1n) is 12.6. The van der Waals surface area contributed by atoms with E-state index < -0.39 is 5.66 Å². The number of aromatic nitrogens is 3. The number of H-pyrrole nitrogens is 1. The lowest BCUT2D eigenvalue weighted by Crippen LogP contribution is -2.48. The van der Waals surface area contributed by atoms with Crippen LogP contribution in [0.15, 0.2) is 63.9 Å². The Kier molecular flexibility index (Phi) is 5.98. The number of nitrogens with zero attached hydrogens (tertiary/aromatic N) is 4. The molecule has 5 N–H and O–H groups in total. The van der Waals surface area contributed by atoms with Gasteiger partial charge < -0.3 is 19.5 Å². The summed E-state index contributed by atoms with van der Waals surface area (Å²) >= 11 is 0. The van der Waals surface area contributed by atoms with Gasteiger partial charge in [0.15, 0.2) is 17.3 Å². The fraction of sp³-hybridized carbons (Fsp3) is 0.423. The van der Waals surface area contributed by atoms with Crippen molar-refractivity contribution in [3.05, 3.63) is 71.6 Å². The molecule has 1 aliphatic carbocycles. The average Bonchev–Trinajstić information content (AvgIpc) is 3.40. The molecule has 6 rings (SSSR count). The average molecular weight is 489 g/mol. The van der Waals surface area contributed by atoms with Gasteiger partial charge in [-0.25, -0.2) is 4.99 Å². The summed E-state index contributed by atoms with van der Waals surface area (Å²) in [6, 6.07) is 13.9. The standard InChI is InChI=1S/C26H32N8O2/c1-34-11-9-19(10-12-34)35-24-15-26(27,23-14-21(31-32-23)18-7-8-18)30-25(29-24)28-16-20-13-22(33-36-20)17-5-3-2-4-6-17/h2-6,13-15,18-19H,7-12,16,27H2,1H3,(H,31,32)(H2,28,29,30). The maximum absolute atomic E-state index is 6.82. The number of hydrogen-bond acceptors (Lipinski definition) is 9. The normalized spacial score (nSPS) is 23.1. The highest BCUT2D eigenvalue weighted by Gasteiger charge is 2.36. The summed E-state index contributed by atoms with van der Waals surface area (Å²) in [7, 11) is 2.13. The first kappa shape index (κ1) is 22.8. The van der Waals surface area contributed by atoms with Gasteiger partial charge in [0.2, 0.25) is 5.96 Å². The Morgan fingerprint density at radius 1 is 1.17 bits per heavy atom. The van der Waals surface area contributed by atoms with Gasteiger partial charge in [-0.1, -0.05) is 35.5 Å². The van der Waals surface area contributed by atoms with E-state index in [2.05, 4.69) is 37.9 Å². The van der Waals surface area contributed by atoms with E-state index in [4.69, 9.17) is 20.0 Å². The zero-order chi connectivity index (χ0) is 24.5. The highest BCUT2D eigenvalue weighted by Crippen LogP contribution is 2.40. The van der Waals surface area contributed by atoms with Crippen molar-refractivity contribution < 1.29 is 9.26 Å². The fourth-order valence-electron chi connectivity index (χ4n) is 4.62. The van der Waals surface area contributed by atoms with Gasteiger partial charge in [-0.3, -0.25) is 16.1 Å². The van der Waals surface area contributed by atoms with Crippen molar-refractivity contribution in [2.75, 3.05) is 20.1 Å². The summed E-state index contributed by atoms with van der Waals surface area (Å²) in [5.41, 5.74) is 9.23. The molecule has 10 nitrogen and oxygen atoms in total. The number of ether oxygens (including phenoxy) is 1. The zero-order valence-corrected chi connectivity index (χ0v) is 20.4. The third-order valence-corrected chi connectivity index (χ3v) is 6.93. The van der Waals surface area contributed by atoms with Crippen LogP contribution in [0.4, 0.5) is 0 Å². The molecular formula is C26H32N8O2. The van der Waals surface area contributed by atoms with E-state index in [0.29, 0.717) is 35.8 Å². The minimum absolute atomic E-state index is 0.118. The smallest absolute Gasteiger partial charge is 0.201 e. The molecule has 0 bridgehead atoms. The molecule has 1 saturated carbocycles. The third-order valence-electron chi connectivity index (χ3n) is 6.93. The van der Waals surface area contributed by atoms with Crippen LogP contribution >= 0.6 is 0 Å². The Balaban J connectivity index is 1.20. The quantitative estimate of drug-likeness (QED) is 0.400. The van der Waals surface area contributed by atoms with Crippen LogP contribution in [0.25, 0.3) is 11.3 Å². The van der Waals surface area contributed by atoms with Gasteiger partial charge in [0, 0.05) is 42.4 Å². The molecule has 36 heavy (non-hydrogen) atoms. The minimum atomic E-state index is -1.16. The molecule has 1 saturated heterocycles. The van der Waals surface area contributed by atoms with E-state index in [0.717, 1.165) is 42.9 Å². The molecular weight excluding hydrogens is 456 g/mol. The molecule has 2 aliphatic heterocycles. The number of likely N-dealkylation sites (tertiary alicyclic amines) is 1. The first-order valence-corrected chi connectivity index (χ1v) is 12.6. The first-order chi connectivity index (χ1) is 17.5. The topological polar surface area (TPSA) is 130 Å². The summed E-state index contributed by atoms with van der Waals surface area (Å²) in [5, 5.41) is 18.4. The van der Waals surface area contributed by atoms with Crippen LogP contribution in [0.2, 0.25) is 0 Å². The Bertz CT molecular complexity index is 1250. The lowest BCUT2D eigenvalue weighted by Gasteiger charge is -2.33. The zero-order valence-electron chi connectivity index (χ0n) is 20.4. The molecule has 1 atom stereocenters. The largest absolute Gasteiger partial charge is 0.476 e. The van der Waals surface area contributed by atoms with Gasteiger partial charge in [-0.2, -0.15) is 5.10 Å². The van der Waals surface area contributed by atoms with Crippen LogP contribution in [0.3, 0.4) is 0 Å². The maximum atomic E-state index is 6.82. The summed E-state index contributed by atoms with van der Waals surface area (Å²) in [6.07, 6.45) is 6.22. The number of aromatic amines is 1. The van der Waals surface area contributed by atoms with Crippen LogP contribution in [0, 0.1) is 0 Å². The van der Waals surface area contributed by atoms with Crippen LogP contribution in [0.1, 0.15) is 48.7 Å². The minimum Gasteiger partial charge on any atom is -0.476 e. The van der Waals surface area contributed by atoms with Gasteiger partial charge in [-0.15, -0.1) is 0 Å². The number of hydrogen-bond donors (Lipinski definition) is 4. The molecule has 0 radical (unpaired) electrons. The Hall–Kier alpha value is -3.63. The Labute approximate surface area is 210 Å². The van der Waals surface area contributed by atoms with Gasteiger partial charge in [0.05, 0.1) is 6.54 Å². The molecule has 10 heteroatoms. The summed E-state index contributed by atoms with van der Waals surface area (Å²) in [5.74, 6) is 2.31. The van der Waals surface area contributed by atoms with Gasteiger partial charge in [0.1, 0.15) is 17.5 Å². The molecule has 0 amide bonds. The monoisotopic (exact) mass is 488 g/mol. The lowest BCUT2D eigenvalue weighted by atomic mass is 10.1. The highest BCUT2D eigenvalue weighted by molar-refractivity contribution is 5.83. The summed E-state index contributed by atoms with van der Waals surface area (Å²) in [6.45, 7) is 2.39. The van der Waals surface area contributed by atoms with Gasteiger partial charge in [0.25, 0.3) is 0 Å². The number of piperidine rings is 1. The third kappa shape index (κ3) is 5.00. The number of nitrogens with two attached hydrogens (primary N) is 1. The van der Waals surface area contributed by atoms with Crippen molar-refractivity contribution in [2.45, 2.75) is 49.9 Å². The number of guanidine groups is 1. The van der Waals surface area contributed by atoms with E-state index in [1.807, 2.05) is 48.5 Å². The van der Waals surface area contributed by atoms with E-state index in [1.54, 1.807) is 0 Å². The van der Waals surface area contributed by atoms with Crippen molar-refractivity contribution in [2.24, 2.45) is 10.7 Å². The molecule has 1 unspecified atom stereocenters. The molecule has 2 fully saturated rings. The highest BCUT2D eigenvalue weighted by atomic mass is 16.5. The van der Waals surface area contributed by atoms with Crippen LogP contribution in [-0.4, -0.2) is 52.5 Å². The van der Waals surface area contributed by atoms with E-state index in [9.17, 15) is 0 Å². The molecule has 188 valence electrons. The van der Waals surface area contributed by atoms with Crippen molar-refractivity contribution in [3.8, 4) is 11.3 Å². The van der Waals surface area contributed by atoms with Crippen LogP contribution in [-0.2, 0) is 16.9 Å². The Morgan fingerprint density at radius 3 is 2.75 bits per heavy atom. The molecule has 1 aromatic carbocycles. The van der Waals surface area contributed by atoms with Crippen molar-refractivity contribution in [1.82, 2.24) is 30.9 Å². The SMILES string of the molecule is CN1CCC(OC2=CC(N)(c3cc(C4CC4)[nH]n3)N=C(NCc3cc(-c4ccccc4)no3)N2)CC1. The van der Waals surface area contributed by atoms with Crippen molar-refractivity contribution in [1.29, 1.82) is 0 Å². The fourth-order valence-corrected chi connectivity index (χ4v) is 4.62. The molecule has 4 heterocycles. The molecule has 0 spiro atoms. The number of rotatable bonds is 7. The number of benzene rings is 1. The summed E-state index contributed by atoms with van der Waals surface area (Å²) in [4.78, 5) is 7.09. The molecule has 3 aromatic rings. The second kappa shape index (κ2) is 9.44. The molecule has 2 aromatic heterocycles. The second-order valence-electron chi connectivity index (χ2n) is 9.92. The predicted octanol–water partition coefficient (Wildman–Crippen LogP) is 2.75. The van der Waals surface area contributed by atoms with E-state index >= 15 is 0 Å². The van der Waals surface area contributed by atoms with Crippen molar-refractivity contribution >= 4 is 5.96 Å². The van der Waals surface area contributed by atoms with Crippen LogP contribution in [0.5, 0.6) is 0 Å². The van der Waals surface area contributed by atoms with Gasteiger partial charge >= 0.3 is 0 Å². The number of aliphatic imine (C=N–C) groups is 1. The lowest BCUT2D eigenvalue weighted by molar-refractivity contribution is 0.0501. The second-order valence-corrected chi connectivity index (χ2v) is 9.92. The predicted molar refractivity (Wildman–Crippen MR) is 135 cm³/mol. The number of nitrogens with one attached hydrogen (secondary N) is 3. The summed E-state index contributed by atoms with van der Waals surface area (Å²) < 4.78 is 11.9. The van der Waals surface area contributed by atoms with Crippen molar-refractivity contribution in [3.63, 3.8) is 0 Å². The van der Waals surface area contributed by atoms with E-state index in [-0.39, 0.29) is 6.10 Å². The Morgan fingerprint density at radius 2 is 1.97 bits per heavy atom. The van der Waals surface area contributed by atoms with Crippen LogP contribution < -0.4 is 16.4 Å². The van der Waals surface area contributed by atoms with Gasteiger partial charge in [-0.05, 0) is 38.8 Å². The molecule has 3 aliphatic rings. The maximum Gasteiger partial charge on any atom is 0.201 e.